The number of benzene rings is 2. The van der Waals surface area contributed by atoms with E-state index in [4.69, 9.17) is 4.74 Å². The fourth-order valence-corrected chi connectivity index (χ4v) is 4.55. The number of carbonyl (C=O) groups is 2. The molecule has 2 fully saturated rings. The number of aromatic amines is 1. The molecule has 0 unspecified atom stereocenters. The Kier molecular flexibility index (Phi) is 5.37. The molecular formula is C26H29N3O3. The van der Waals surface area contributed by atoms with Crippen LogP contribution in [0.2, 0.25) is 0 Å². The zero-order valence-electron chi connectivity index (χ0n) is 18.4. The summed E-state index contributed by atoms with van der Waals surface area (Å²) >= 11 is 0. The molecule has 3 aromatic rings. The average Bonchev–Trinajstić information content (AvgIpc) is 3.42. The lowest BCUT2D eigenvalue weighted by Crippen LogP contribution is -2.49. The smallest absolute Gasteiger partial charge is 0.268 e. The molecule has 6 heteroatoms. The molecule has 2 aromatic carbocycles. The van der Waals surface area contributed by atoms with Crippen LogP contribution >= 0.6 is 0 Å². The number of amides is 2. The van der Waals surface area contributed by atoms with E-state index < -0.39 is 6.04 Å². The predicted molar refractivity (Wildman–Crippen MR) is 123 cm³/mol. The normalized spacial score (nSPS) is 17.8. The Morgan fingerprint density at radius 2 is 1.81 bits per heavy atom. The van der Waals surface area contributed by atoms with Crippen LogP contribution in [0.4, 0.5) is 0 Å². The maximum atomic E-state index is 12.8. The van der Waals surface area contributed by atoms with Gasteiger partial charge in [0.1, 0.15) is 24.1 Å². The Balaban J connectivity index is 1.20. The number of piperidine rings is 1. The first-order valence-corrected chi connectivity index (χ1v) is 11.4. The van der Waals surface area contributed by atoms with Crippen molar-refractivity contribution in [1.82, 2.24) is 15.2 Å². The minimum absolute atomic E-state index is 0.00144. The minimum atomic E-state index is -0.549. The number of H-pyrrole nitrogens is 1. The van der Waals surface area contributed by atoms with Gasteiger partial charge in [-0.1, -0.05) is 30.3 Å². The number of hydrogen-bond donors (Lipinski definition) is 2. The molecule has 0 radical (unpaired) electrons. The zero-order valence-corrected chi connectivity index (χ0v) is 18.4. The standard InChI is InChI=1S/C26H29N3O3/c1-18(25(31)29-13-11-26(9-10-26)12-14-29)27-24(30)23-15-20-7-8-21(16-22(20)28-23)32-17-19-5-3-2-4-6-19/h2-8,15-16,18,28H,9-14,17H2,1H3,(H,27,30)/t18-/m1/s1. The minimum Gasteiger partial charge on any atom is -0.489 e. The van der Waals surface area contributed by atoms with Crippen LogP contribution < -0.4 is 10.1 Å². The van der Waals surface area contributed by atoms with Gasteiger partial charge in [-0.05, 0) is 61.8 Å². The molecule has 1 saturated heterocycles. The second-order valence-corrected chi connectivity index (χ2v) is 9.23. The van der Waals surface area contributed by atoms with Crippen LogP contribution in [0.1, 0.15) is 48.7 Å². The zero-order chi connectivity index (χ0) is 22.1. The Morgan fingerprint density at radius 3 is 2.53 bits per heavy atom. The SMILES string of the molecule is C[C@@H](NC(=O)c1cc2ccc(OCc3ccccc3)cc2[nH]1)C(=O)N1CCC2(CC1)CC2. The Labute approximate surface area is 187 Å². The maximum Gasteiger partial charge on any atom is 0.268 e. The first kappa shape index (κ1) is 20.6. The van der Waals surface area contributed by atoms with E-state index >= 15 is 0 Å². The van der Waals surface area contributed by atoms with E-state index in [2.05, 4.69) is 10.3 Å². The lowest BCUT2D eigenvalue weighted by molar-refractivity contribution is -0.134. The summed E-state index contributed by atoms with van der Waals surface area (Å²) in [7, 11) is 0. The van der Waals surface area contributed by atoms with Crippen LogP contribution in [0, 0.1) is 5.41 Å². The topological polar surface area (TPSA) is 74.4 Å². The van der Waals surface area contributed by atoms with Crippen molar-refractivity contribution < 1.29 is 14.3 Å². The van der Waals surface area contributed by atoms with Crippen molar-refractivity contribution in [2.75, 3.05) is 13.1 Å². The highest BCUT2D eigenvalue weighted by molar-refractivity contribution is 6.00. The summed E-state index contributed by atoms with van der Waals surface area (Å²) in [6.45, 7) is 3.85. The molecule has 0 bridgehead atoms. The molecule has 1 spiro atoms. The van der Waals surface area contributed by atoms with Crippen molar-refractivity contribution in [2.24, 2.45) is 5.41 Å². The van der Waals surface area contributed by atoms with Gasteiger partial charge < -0.3 is 19.9 Å². The van der Waals surface area contributed by atoms with Gasteiger partial charge in [0.25, 0.3) is 5.91 Å². The predicted octanol–water partition coefficient (Wildman–Crippen LogP) is 4.27. The lowest BCUT2D eigenvalue weighted by Gasteiger charge is -2.33. The van der Waals surface area contributed by atoms with Crippen molar-refractivity contribution in [3.63, 3.8) is 0 Å². The second kappa shape index (κ2) is 8.34. The van der Waals surface area contributed by atoms with Crippen LogP contribution in [0.25, 0.3) is 10.9 Å². The molecule has 2 aliphatic rings. The summed E-state index contributed by atoms with van der Waals surface area (Å²) < 4.78 is 5.88. The third kappa shape index (κ3) is 4.35. The van der Waals surface area contributed by atoms with Crippen molar-refractivity contribution in [1.29, 1.82) is 0 Å². The van der Waals surface area contributed by atoms with E-state index in [0.717, 1.165) is 48.1 Å². The van der Waals surface area contributed by atoms with Gasteiger partial charge in [-0.15, -0.1) is 0 Å². The Bertz CT molecular complexity index is 1120. The van der Waals surface area contributed by atoms with Gasteiger partial charge in [-0.3, -0.25) is 9.59 Å². The third-order valence-corrected chi connectivity index (χ3v) is 6.90. The van der Waals surface area contributed by atoms with Crippen molar-refractivity contribution in [3.05, 3.63) is 65.9 Å². The highest BCUT2D eigenvalue weighted by Crippen LogP contribution is 2.53. The van der Waals surface area contributed by atoms with Crippen LogP contribution in [0.3, 0.4) is 0 Å². The molecule has 1 saturated carbocycles. The van der Waals surface area contributed by atoms with E-state index in [1.165, 1.54) is 12.8 Å². The molecule has 2 N–H and O–H groups in total. The largest absolute Gasteiger partial charge is 0.489 e. The number of likely N-dealkylation sites (tertiary alicyclic amines) is 1. The quantitative estimate of drug-likeness (QED) is 0.612. The third-order valence-electron chi connectivity index (χ3n) is 6.90. The molecule has 2 heterocycles. The van der Waals surface area contributed by atoms with Crippen molar-refractivity contribution >= 4 is 22.7 Å². The molecule has 5 rings (SSSR count). The van der Waals surface area contributed by atoms with E-state index in [9.17, 15) is 9.59 Å². The van der Waals surface area contributed by atoms with Crippen LogP contribution in [0.15, 0.2) is 54.6 Å². The summed E-state index contributed by atoms with van der Waals surface area (Å²) in [4.78, 5) is 30.6. The number of rotatable bonds is 6. The molecular weight excluding hydrogens is 402 g/mol. The number of aromatic nitrogens is 1. The average molecular weight is 432 g/mol. The molecule has 32 heavy (non-hydrogen) atoms. The van der Waals surface area contributed by atoms with Crippen molar-refractivity contribution in [3.8, 4) is 5.75 Å². The molecule has 6 nitrogen and oxygen atoms in total. The van der Waals surface area contributed by atoms with Crippen molar-refractivity contribution in [2.45, 2.75) is 45.3 Å². The van der Waals surface area contributed by atoms with Crippen LogP contribution in [0.5, 0.6) is 5.75 Å². The maximum absolute atomic E-state index is 12.8. The number of fused-ring (bicyclic) bond motifs is 1. The fourth-order valence-electron chi connectivity index (χ4n) is 4.55. The Morgan fingerprint density at radius 1 is 1.06 bits per heavy atom. The van der Waals surface area contributed by atoms with E-state index in [1.807, 2.05) is 53.4 Å². The number of hydrogen-bond acceptors (Lipinski definition) is 3. The van der Waals surface area contributed by atoms with E-state index in [-0.39, 0.29) is 11.8 Å². The number of nitrogens with one attached hydrogen (secondary N) is 2. The van der Waals surface area contributed by atoms with Crippen LogP contribution in [-0.2, 0) is 11.4 Å². The number of carbonyl (C=O) groups excluding carboxylic acids is 2. The summed E-state index contributed by atoms with van der Waals surface area (Å²) in [6.07, 6.45) is 4.80. The monoisotopic (exact) mass is 431 g/mol. The first-order valence-electron chi connectivity index (χ1n) is 11.4. The van der Waals surface area contributed by atoms with Gasteiger partial charge in [0.15, 0.2) is 0 Å². The fraction of sp³-hybridized carbons (Fsp3) is 0.385. The van der Waals surface area contributed by atoms with Gasteiger partial charge in [0, 0.05) is 30.1 Å². The Hall–Kier alpha value is -3.28. The number of nitrogens with zero attached hydrogens (tertiary/aromatic N) is 1. The van der Waals surface area contributed by atoms with Gasteiger partial charge in [0.2, 0.25) is 5.91 Å². The summed E-state index contributed by atoms with van der Waals surface area (Å²) in [5.41, 5.74) is 2.89. The first-order chi connectivity index (χ1) is 15.5. The molecule has 2 amide bonds. The van der Waals surface area contributed by atoms with E-state index in [1.54, 1.807) is 13.0 Å². The van der Waals surface area contributed by atoms with Gasteiger partial charge >= 0.3 is 0 Å². The van der Waals surface area contributed by atoms with Gasteiger partial charge in [-0.2, -0.15) is 0 Å². The molecule has 1 atom stereocenters. The highest BCUT2D eigenvalue weighted by atomic mass is 16.5. The molecule has 1 aromatic heterocycles. The van der Waals surface area contributed by atoms with E-state index in [0.29, 0.717) is 17.7 Å². The molecule has 1 aliphatic heterocycles. The lowest BCUT2D eigenvalue weighted by atomic mass is 9.93. The summed E-state index contributed by atoms with van der Waals surface area (Å²) in [5, 5.41) is 3.78. The molecule has 1 aliphatic carbocycles. The summed E-state index contributed by atoms with van der Waals surface area (Å²) in [6, 6.07) is 17.0. The van der Waals surface area contributed by atoms with Gasteiger partial charge in [0.05, 0.1) is 0 Å². The molecule has 166 valence electrons. The van der Waals surface area contributed by atoms with Gasteiger partial charge in [-0.25, -0.2) is 0 Å². The highest BCUT2D eigenvalue weighted by Gasteiger charge is 2.45. The number of ether oxygens (including phenoxy) is 1. The van der Waals surface area contributed by atoms with Crippen LogP contribution in [-0.4, -0.2) is 40.8 Å². The second-order valence-electron chi connectivity index (χ2n) is 9.23. The summed E-state index contributed by atoms with van der Waals surface area (Å²) in [5.74, 6) is 0.461.